The van der Waals surface area contributed by atoms with Crippen molar-refractivity contribution in [3.05, 3.63) is 44.4 Å². The zero-order chi connectivity index (χ0) is 14.2. The number of halogens is 2. The lowest BCUT2D eigenvalue weighted by Crippen LogP contribution is -2.12. The summed E-state index contributed by atoms with van der Waals surface area (Å²) in [5, 5.41) is -0.195. The first kappa shape index (κ1) is 14.0. The first-order valence-electron chi connectivity index (χ1n) is 4.97. The molecule has 0 aliphatic carbocycles. The van der Waals surface area contributed by atoms with Crippen LogP contribution in [0.15, 0.2) is 27.2 Å². The Morgan fingerprint density at radius 2 is 2.11 bits per heavy atom. The molecule has 2 aromatic rings. The average molecular weight is 323 g/mol. The van der Waals surface area contributed by atoms with Gasteiger partial charge in [-0.25, -0.2) is 12.8 Å². The number of anilines is 1. The van der Waals surface area contributed by atoms with Crippen LogP contribution in [0.5, 0.6) is 0 Å². The molecule has 0 saturated carbocycles. The Hall–Kier alpha value is -1.38. The van der Waals surface area contributed by atoms with E-state index in [2.05, 4.69) is 9.71 Å². The number of hydrogen-bond donors (Lipinski definition) is 2. The molecule has 0 bridgehead atoms. The summed E-state index contributed by atoms with van der Waals surface area (Å²) in [5.74, 6) is -0.646. The van der Waals surface area contributed by atoms with Gasteiger partial charge in [0.05, 0.1) is 10.7 Å². The van der Waals surface area contributed by atoms with Crippen LogP contribution in [0.25, 0.3) is 0 Å². The number of rotatable bonds is 3. The molecule has 2 N–H and O–H groups in total. The highest BCUT2D eigenvalue weighted by Gasteiger charge is 2.20. The van der Waals surface area contributed by atoms with E-state index in [0.717, 1.165) is 12.1 Å². The van der Waals surface area contributed by atoms with Crippen LogP contribution < -0.4 is 9.60 Å². The van der Waals surface area contributed by atoms with Gasteiger partial charge in [-0.3, -0.25) is 9.52 Å². The summed E-state index contributed by atoms with van der Waals surface area (Å²) >= 11 is 6.14. The standard InChI is InChI=1S/C10H8ClFN2O3S2/c1-5-9(18-10(15)13-5)19(16,17)14-6-2-3-8(12)7(11)4-6/h2-4,14H,1H3,(H,13,15). The number of H-pyrrole nitrogens is 1. The molecule has 0 spiro atoms. The lowest BCUT2D eigenvalue weighted by Gasteiger charge is -2.07. The van der Waals surface area contributed by atoms with Crippen molar-refractivity contribution in [3.63, 3.8) is 0 Å². The van der Waals surface area contributed by atoms with E-state index < -0.39 is 20.7 Å². The number of sulfonamides is 1. The van der Waals surface area contributed by atoms with Crippen LogP contribution >= 0.6 is 22.9 Å². The molecular formula is C10H8ClFN2O3S2. The zero-order valence-electron chi connectivity index (χ0n) is 9.53. The molecule has 0 fully saturated rings. The van der Waals surface area contributed by atoms with Gasteiger partial charge >= 0.3 is 4.87 Å². The van der Waals surface area contributed by atoms with Crippen molar-refractivity contribution < 1.29 is 12.8 Å². The van der Waals surface area contributed by atoms with Crippen molar-refractivity contribution >= 4 is 38.6 Å². The number of thiazole rings is 1. The van der Waals surface area contributed by atoms with Gasteiger partial charge in [0, 0.05) is 5.69 Å². The molecule has 19 heavy (non-hydrogen) atoms. The maximum atomic E-state index is 13.0. The summed E-state index contributed by atoms with van der Waals surface area (Å²) in [6.07, 6.45) is 0. The summed E-state index contributed by atoms with van der Waals surface area (Å²) in [5.41, 5.74) is 0.363. The second-order valence-corrected chi connectivity index (χ2v) is 6.93. The van der Waals surface area contributed by atoms with Crippen LogP contribution in [0.4, 0.5) is 10.1 Å². The van der Waals surface area contributed by atoms with Gasteiger partial charge in [-0.05, 0) is 25.1 Å². The quantitative estimate of drug-likeness (QED) is 0.910. The van der Waals surface area contributed by atoms with Gasteiger partial charge < -0.3 is 4.98 Å². The maximum Gasteiger partial charge on any atom is 0.306 e. The molecule has 5 nitrogen and oxygen atoms in total. The lowest BCUT2D eigenvalue weighted by atomic mass is 10.3. The van der Waals surface area contributed by atoms with Crippen molar-refractivity contribution in [1.82, 2.24) is 4.98 Å². The third kappa shape index (κ3) is 2.96. The van der Waals surface area contributed by atoms with Crippen LogP contribution in [0.3, 0.4) is 0 Å². The van der Waals surface area contributed by atoms with E-state index in [0.29, 0.717) is 11.3 Å². The molecule has 2 rings (SSSR count). The molecule has 1 heterocycles. The second-order valence-electron chi connectivity index (χ2n) is 3.66. The third-order valence-electron chi connectivity index (χ3n) is 2.20. The van der Waals surface area contributed by atoms with Gasteiger partial charge in [0.2, 0.25) is 0 Å². The molecule has 0 aliphatic rings. The smallest absolute Gasteiger partial charge is 0.306 e. The van der Waals surface area contributed by atoms with E-state index in [1.165, 1.54) is 13.0 Å². The molecule has 0 atom stereocenters. The largest absolute Gasteiger partial charge is 0.315 e. The topological polar surface area (TPSA) is 79.0 Å². The molecule has 0 radical (unpaired) electrons. The maximum absolute atomic E-state index is 13.0. The Bertz CT molecular complexity index is 782. The predicted octanol–water partition coefficient (Wildman–Crippen LogP) is 2.34. The first-order valence-corrected chi connectivity index (χ1v) is 7.65. The summed E-state index contributed by atoms with van der Waals surface area (Å²) in [6.45, 7) is 1.48. The molecule has 9 heteroatoms. The highest BCUT2D eigenvalue weighted by molar-refractivity contribution is 7.94. The Morgan fingerprint density at radius 1 is 1.42 bits per heavy atom. The fraction of sp³-hybridized carbons (Fsp3) is 0.100. The molecule has 1 aromatic heterocycles. The highest BCUT2D eigenvalue weighted by Crippen LogP contribution is 2.23. The monoisotopic (exact) mass is 322 g/mol. The van der Waals surface area contributed by atoms with Gasteiger partial charge in [-0.2, -0.15) is 0 Å². The Balaban J connectivity index is 2.39. The van der Waals surface area contributed by atoms with Crippen LogP contribution in [0, 0.1) is 12.7 Å². The molecule has 0 aliphatic heterocycles. The second kappa shape index (κ2) is 4.95. The predicted molar refractivity (Wildman–Crippen MR) is 71.9 cm³/mol. The fourth-order valence-corrected chi connectivity index (χ4v) is 3.94. The van der Waals surface area contributed by atoms with Gasteiger partial charge in [-0.1, -0.05) is 22.9 Å². The third-order valence-corrected chi connectivity index (χ3v) is 5.47. The lowest BCUT2D eigenvalue weighted by molar-refractivity contribution is 0.602. The Labute approximate surface area is 117 Å². The zero-order valence-corrected chi connectivity index (χ0v) is 11.9. The first-order chi connectivity index (χ1) is 8.79. The number of nitrogens with one attached hydrogen (secondary N) is 2. The summed E-state index contributed by atoms with van der Waals surface area (Å²) in [6, 6.07) is 3.44. The van der Waals surface area contributed by atoms with Gasteiger partial charge in [0.15, 0.2) is 4.21 Å². The summed E-state index contributed by atoms with van der Waals surface area (Å²) < 4.78 is 39.2. The Morgan fingerprint density at radius 3 is 2.63 bits per heavy atom. The van der Waals surface area contributed by atoms with Crippen molar-refractivity contribution in [2.24, 2.45) is 0 Å². The minimum atomic E-state index is -3.90. The van der Waals surface area contributed by atoms with Crippen molar-refractivity contribution in [1.29, 1.82) is 0 Å². The number of hydrogen-bond acceptors (Lipinski definition) is 4. The molecule has 102 valence electrons. The van der Waals surface area contributed by atoms with E-state index in [1.807, 2.05) is 0 Å². The number of aromatic nitrogens is 1. The minimum Gasteiger partial charge on any atom is -0.315 e. The number of aromatic amines is 1. The summed E-state index contributed by atoms with van der Waals surface area (Å²) in [4.78, 5) is 13.0. The van der Waals surface area contributed by atoms with Crippen LogP contribution in [0.1, 0.15) is 5.69 Å². The number of aryl methyl sites for hydroxylation is 1. The molecular weight excluding hydrogens is 315 g/mol. The van der Waals surface area contributed by atoms with E-state index in [9.17, 15) is 17.6 Å². The highest BCUT2D eigenvalue weighted by atomic mass is 35.5. The van der Waals surface area contributed by atoms with E-state index >= 15 is 0 Å². The van der Waals surface area contributed by atoms with Gasteiger partial charge in [-0.15, -0.1) is 0 Å². The summed E-state index contributed by atoms with van der Waals surface area (Å²) in [7, 11) is -3.90. The van der Waals surface area contributed by atoms with Crippen LogP contribution in [-0.2, 0) is 10.0 Å². The average Bonchev–Trinajstić information content (AvgIpc) is 2.63. The minimum absolute atomic E-state index is 0.113. The van der Waals surface area contributed by atoms with Gasteiger partial charge in [0.1, 0.15) is 5.82 Å². The van der Waals surface area contributed by atoms with Gasteiger partial charge in [0.25, 0.3) is 10.0 Å². The fourth-order valence-electron chi connectivity index (χ4n) is 1.41. The van der Waals surface area contributed by atoms with Crippen molar-refractivity contribution in [2.45, 2.75) is 11.1 Å². The van der Waals surface area contributed by atoms with Crippen molar-refractivity contribution in [2.75, 3.05) is 4.72 Å². The van der Waals surface area contributed by atoms with Crippen molar-refractivity contribution in [3.8, 4) is 0 Å². The van der Waals surface area contributed by atoms with E-state index in [-0.39, 0.29) is 20.6 Å². The SMILES string of the molecule is Cc1[nH]c(=O)sc1S(=O)(=O)Nc1ccc(F)c(Cl)c1. The van der Waals surface area contributed by atoms with E-state index in [4.69, 9.17) is 11.6 Å². The number of benzene rings is 1. The molecule has 0 saturated heterocycles. The van der Waals surface area contributed by atoms with Crippen LogP contribution in [-0.4, -0.2) is 13.4 Å². The molecule has 0 unspecified atom stereocenters. The van der Waals surface area contributed by atoms with Crippen LogP contribution in [0.2, 0.25) is 5.02 Å². The Kier molecular flexibility index (Phi) is 3.66. The molecule has 1 aromatic carbocycles. The molecule has 0 amide bonds. The normalized spacial score (nSPS) is 11.5. The van der Waals surface area contributed by atoms with E-state index in [1.54, 1.807) is 0 Å².